The van der Waals surface area contributed by atoms with Crippen LogP contribution in [0, 0.1) is 5.82 Å². The van der Waals surface area contributed by atoms with Gasteiger partial charge in [-0.2, -0.15) is 4.31 Å². The smallest absolute Gasteiger partial charge is 0.243 e. The van der Waals surface area contributed by atoms with Gasteiger partial charge in [-0.3, -0.25) is 0 Å². The van der Waals surface area contributed by atoms with E-state index in [9.17, 15) is 12.8 Å². The summed E-state index contributed by atoms with van der Waals surface area (Å²) >= 11 is 6.03. The quantitative estimate of drug-likeness (QED) is 0.922. The zero-order chi connectivity index (χ0) is 16.4. The first-order valence-corrected chi connectivity index (χ1v) is 9.04. The molecule has 1 heterocycles. The highest BCUT2D eigenvalue weighted by Crippen LogP contribution is 2.30. The summed E-state index contributed by atoms with van der Waals surface area (Å²) in [6, 6.07) is 11.8. The van der Waals surface area contributed by atoms with Crippen molar-refractivity contribution in [3.8, 4) is 0 Å². The lowest BCUT2D eigenvalue weighted by atomic mass is 10.1. The molecule has 1 atom stereocenters. The van der Waals surface area contributed by atoms with Gasteiger partial charge in [0.05, 0.1) is 10.9 Å². The number of piperazine rings is 1. The summed E-state index contributed by atoms with van der Waals surface area (Å²) in [6.45, 7) is 1.34. The Labute approximate surface area is 139 Å². The lowest BCUT2D eigenvalue weighted by Gasteiger charge is -2.35. The average molecular weight is 355 g/mol. The van der Waals surface area contributed by atoms with Gasteiger partial charge in [-0.25, -0.2) is 12.8 Å². The van der Waals surface area contributed by atoms with Crippen molar-refractivity contribution in [1.82, 2.24) is 9.62 Å². The van der Waals surface area contributed by atoms with Gasteiger partial charge in [-0.1, -0.05) is 29.8 Å². The van der Waals surface area contributed by atoms with Crippen LogP contribution in [0.2, 0.25) is 5.02 Å². The van der Waals surface area contributed by atoms with Gasteiger partial charge in [0.25, 0.3) is 0 Å². The normalized spacial score (nSPS) is 19.7. The Balaban J connectivity index is 2.01. The Morgan fingerprint density at radius 3 is 2.70 bits per heavy atom. The number of hydrogen-bond donors (Lipinski definition) is 1. The molecule has 7 heteroatoms. The number of benzene rings is 2. The third-order valence-corrected chi connectivity index (χ3v) is 5.97. The molecule has 0 saturated carbocycles. The molecule has 3 rings (SSSR count). The summed E-state index contributed by atoms with van der Waals surface area (Å²) in [7, 11) is -3.78. The second-order valence-electron chi connectivity index (χ2n) is 5.35. The van der Waals surface area contributed by atoms with Gasteiger partial charge in [0.15, 0.2) is 0 Å². The lowest BCUT2D eigenvalue weighted by molar-refractivity contribution is 0.271. The first kappa shape index (κ1) is 16.4. The largest absolute Gasteiger partial charge is 0.313 e. The van der Waals surface area contributed by atoms with Gasteiger partial charge in [-0.05, 0) is 35.9 Å². The molecule has 1 N–H and O–H groups in total. The molecular formula is C16H16ClFN2O2S. The second kappa shape index (κ2) is 6.57. The standard InChI is InChI=1S/C16H16ClFN2O2S/c17-13-4-1-3-12(9-13)16-11-19-7-8-20(16)23(21,22)15-6-2-5-14(18)10-15/h1-6,9-10,16,19H,7-8,11H2. The number of sulfonamides is 1. The van der Waals surface area contributed by atoms with E-state index in [4.69, 9.17) is 11.6 Å². The van der Waals surface area contributed by atoms with E-state index in [1.165, 1.54) is 22.5 Å². The SMILES string of the molecule is O=S(=O)(c1cccc(F)c1)N1CCNCC1c1cccc(Cl)c1. The number of rotatable bonds is 3. The van der Waals surface area contributed by atoms with Crippen molar-refractivity contribution in [1.29, 1.82) is 0 Å². The minimum Gasteiger partial charge on any atom is -0.313 e. The number of hydrogen-bond acceptors (Lipinski definition) is 3. The molecule has 1 saturated heterocycles. The highest BCUT2D eigenvalue weighted by atomic mass is 35.5. The molecule has 2 aromatic carbocycles. The molecule has 1 aliphatic rings. The monoisotopic (exact) mass is 354 g/mol. The number of nitrogens with zero attached hydrogens (tertiary/aromatic N) is 1. The lowest BCUT2D eigenvalue weighted by Crippen LogP contribution is -2.48. The third kappa shape index (κ3) is 3.40. The zero-order valence-corrected chi connectivity index (χ0v) is 13.8. The van der Waals surface area contributed by atoms with Gasteiger partial charge in [0.2, 0.25) is 10.0 Å². The number of halogens is 2. The number of nitrogens with one attached hydrogen (secondary N) is 1. The minimum atomic E-state index is -3.78. The Morgan fingerprint density at radius 1 is 1.17 bits per heavy atom. The van der Waals surface area contributed by atoms with E-state index in [0.717, 1.165) is 11.6 Å². The Morgan fingerprint density at radius 2 is 1.96 bits per heavy atom. The van der Waals surface area contributed by atoms with Crippen LogP contribution in [0.3, 0.4) is 0 Å². The Hall–Kier alpha value is -1.47. The van der Waals surface area contributed by atoms with E-state index in [2.05, 4.69) is 5.32 Å². The van der Waals surface area contributed by atoms with Crippen LogP contribution < -0.4 is 5.32 Å². The van der Waals surface area contributed by atoms with Crippen molar-refractivity contribution >= 4 is 21.6 Å². The summed E-state index contributed by atoms with van der Waals surface area (Å²) in [5.41, 5.74) is 0.810. The fourth-order valence-corrected chi connectivity index (χ4v) is 4.58. The van der Waals surface area contributed by atoms with Gasteiger partial charge >= 0.3 is 0 Å². The molecule has 0 amide bonds. The predicted molar refractivity (Wildman–Crippen MR) is 87.4 cm³/mol. The molecule has 0 bridgehead atoms. The minimum absolute atomic E-state index is 0.0357. The van der Waals surface area contributed by atoms with Crippen molar-refractivity contribution in [3.63, 3.8) is 0 Å². The van der Waals surface area contributed by atoms with Crippen molar-refractivity contribution in [3.05, 3.63) is 64.9 Å². The van der Waals surface area contributed by atoms with E-state index in [1.807, 2.05) is 6.07 Å². The molecule has 1 unspecified atom stereocenters. The Bertz CT molecular complexity index is 813. The highest BCUT2D eigenvalue weighted by Gasteiger charge is 2.34. The summed E-state index contributed by atoms with van der Waals surface area (Å²) in [5, 5.41) is 3.75. The molecular weight excluding hydrogens is 339 g/mol. The maximum absolute atomic E-state index is 13.4. The van der Waals surface area contributed by atoms with Crippen LogP contribution >= 0.6 is 11.6 Å². The molecule has 1 aliphatic heterocycles. The van der Waals surface area contributed by atoms with Crippen LogP contribution in [0.25, 0.3) is 0 Å². The van der Waals surface area contributed by atoms with E-state index in [1.54, 1.807) is 18.2 Å². The van der Waals surface area contributed by atoms with Gasteiger partial charge in [0.1, 0.15) is 5.82 Å². The molecule has 23 heavy (non-hydrogen) atoms. The maximum Gasteiger partial charge on any atom is 0.243 e. The van der Waals surface area contributed by atoms with Crippen molar-refractivity contribution in [2.75, 3.05) is 19.6 Å². The van der Waals surface area contributed by atoms with Crippen LogP contribution in [0.1, 0.15) is 11.6 Å². The fraction of sp³-hybridized carbons (Fsp3) is 0.250. The molecule has 122 valence electrons. The second-order valence-corrected chi connectivity index (χ2v) is 7.68. The summed E-state index contributed by atoms with van der Waals surface area (Å²) in [4.78, 5) is -0.0357. The fourth-order valence-electron chi connectivity index (χ4n) is 2.73. The van der Waals surface area contributed by atoms with Crippen LogP contribution in [-0.2, 0) is 10.0 Å². The van der Waals surface area contributed by atoms with Crippen LogP contribution in [0.4, 0.5) is 4.39 Å². The summed E-state index contributed by atoms with van der Waals surface area (Å²) in [5.74, 6) is -0.569. The topological polar surface area (TPSA) is 49.4 Å². The van der Waals surface area contributed by atoms with Crippen LogP contribution in [-0.4, -0.2) is 32.4 Å². The van der Waals surface area contributed by atoms with E-state index < -0.39 is 15.8 Å². The van der Waals surface area contributed by atoms with Crippen LogP contribution in [0.5, 0.6) is 0 Å². The van der Waals surface area contributed by atoms with Gasteiger partial charge in [-0.15, -0.1) is 0 Å². The zero-order valence-electron chi connectivity index (χ0n) is 12.2. The molecule has 0 spiro atoms. The third-order valence-electron chi connectivity index (χ3n) is 3.83. The average Bonchev–Trinajstić information content (AvgIpc) is 2.55. The summed E-state index contributed by atoms with van der Waals surface area (Å²) in [6.07, 6.45) is 0. The Kier molecular flexibility index (Phi) is 4.68. The molecule has 0 aromatic heterocycles. The maximum atomic E-state index is 13.4. The van der Waals surface area contributed by atoms with Gasteiger partial charge in [0, 0.05) is 24.7 Å². The van der Waals surface area contributed by atoms with Crippen molar-refractivity contribution < 1.29 is 12.8 Å². The summed E-state index contributed by atoms with van der Waals surface area (Å²) < 4.78 is 40.6. The van der Waals surface area contributed by atoms with Crippen LogP contribution in [0.15, 0.2) is 53.4 Å². The van der Waals surface area contributed by atoms with E-state index in [0.29, 0.717) is 24.7 Å². The molecule has 4 nitrogen and oxygen atoms in total. The highest BCUT2D eigenvalue weighted by molar-refractivity contribution is 7.89. The molecule has 1 fully saturated rings. The molecule has 0 aliphatic carbocycles. The first-order chi connectivity index (χ1) is 11.0. The van der Waals surface area contributed by atoms with E-state index in [-0.39, 0.29) is 10.9 Å². The first-order valence-electron chi connectivity index (χ1n) is 7.22. The van der Waals surface area contributed by atoms with E-state index >= 15 is 0 Å². The molecule has 0 radical (unpaired) electrons. The predicted octanol–water partition coefficient (Wildman–Crippen LogP) is 2.81. The van der Waals surface area contributed by atoms with Crippen molar-refractivity contribution in [2.24, 2.45) is 0 Å². The van der Waals surface area contributed by atoms with Gasteiger partial charge < -0.3 is 5.32 Å². The molecule has 2 aromatic rings. The van der Waals surface area contributed by atoms with Crippen molar-refractivity contribution in [2.45, 2.75) is 10.9 Å².